The van der Waals surface area contributed by atoms with Gasteiger partial charge in [-0.3, -0.25) is 0 Å². The average molecular weight is 286 g/mol. The highest BCUT2D eigenvalue weighted by molar-refractivity contribution is 5.28. The van der Waals surface area contributed by atoms with Crippen molar-refractivity contribution in [2.75, 3.05) is 0 Å². The van der Waals surface area contributed by atoms with E-state index in [1.54, 1.807) is 5.57 Å². The molecule has 4 rings (SSSR count). The minimum absolute atomic E-state index is 0.176. The summed E-state index contributed by atoms with van der Waals surface area (Å²) in [5, 5.41) is 10.00. The second kappa shape index (κ2) is 4.47. The molecule has 3 fully saturated rings. The molecular formula is C20H30O. The van der Waals surface area contributed by atoms with E-state index in [0.717, 1.165) is 24.2 Å². The zero-order valence-electron chi connectivity index (χ0n) is 13.7. The minimum Gasteiger partial charge on any atom is -0.389 e. The Morgan fingerprint density at radius 3 is 2.52 bits per heavy atom. The Labute approximate surface area is 129 Å². The van der Waals surface area contributed by atoms with E-state index in [0.29, 0.717) is 10.8 Å². The highest BCUT2D eigenvalue weighted by Gasteiger charge is 2.57. The van der Waals surface area contributed by atoms with E-state index in [1.807, 2.05) is 0 Å². The molecule has 0 unspecified atom stereocenters. The molecule has 1 N–H and O–H groups in total. The first-order valence-electron chi connectivity index (χ1n) is 9.02. The number of hydrogen-bond acceptors (Lipinski definition) is 1. The number of aliphatic hydroxyl groups is 1. The maximum absolute atomic E-state index is 10.00. The molecule has 0 amide bonds. The molecule has 0 aromatic heterocycles. The second-order valence-electron chi connectivity index (χ2n) is 8.73. The summed E-state index contributed by atoms with van der Waals surface area (Å²) >= 11 is 0. The quantitative estimate of drug-likeness (QED) is 0.630. The molecule has 1 nitrogen and oxygen atoms in total. The van der Waals surface area contributed by atoms with Crippen LogP contribution in [0.1, 0.15) is 65.2 Å². The van der Waals surface area contributed by atoms with Crippen molar-refractivity contribution < 1.29 is 5.11 Å². The lowest BCUT2D eigenvalue weighted by molar-refractivity contribution is -0.0313. The third kappa shape index (κ3) is 1.79. The summed E-state index contributed by atoms with van der Waals surface area (Å²) in [5.74, 6) is 2.64. The average Bonchev–Trinajstić information content (AvgIpc) is 2.76. The van der Waals surface area contributed by atoms with Crippen LogP contribution in [-0.2, 0) is 0 Å². The molecular weight excluding hydrogens is 256 g/mol. The van der Waals surface area contributed by atoms with Gasteiger partial charge in [0, 0.05) is 0 Å². The summed E-state index contributed by atoms with van der Waals surface area (Å²) in [5.41, 5.74) is 3.94. The van der Waals surface area contributed by atoms with Crippen molar-refractivity contribution in [3.05, 3.63) is 23.8 Å². The first-order chi connectivity index (χ1) is 9.95. The van der Waals surface area contributed by atoms with Gasteiger partial charge in [-0.1, -0.05) is 37.6 Å². The molecule has 4 aliphatic rings. The number of hydrogen-bond donors (Lipinski definition) is 1. The number of fused-ring (bicyclic) bond motifs is 5. The van der Waals surface area contributed by atoms with Gasteiger partial charge in [0.1, 0.15) is 0 Å². The lowest BCUT2D eigenvalue weighted by Gasteiger charge is -2.58. The van der Waals surface area contributed by atoms with E-state index in [4.69, 9.17) is 0 Å². The molecule has 116 valence electrons. The summed E-state index contributed by atoms with van der Waals surface area (Å²) in [6.45, 7) is 9.42. The first kappa shape index (κ1) is 14.1. The summed E-state index contributed by atoms with van der Waals surface area (Å²) in [6, 6.07) is 0. The van der Waals surface area contributed by atoms with Crippen LogP contribution in [0, 0.1) is 28.6 Å². The first-order valence-corrected chi connectivity index (χ1v) is 9.02. The van der Waals surface area contributed by atoms with Gasteiger partial charge in [-0.25, -0.2) is 0 Å². The van der Waals surface area contributed by atoms with Crippen molar-refractivity contribution in [2.24, 2.45) is 28.6 Å². The Morgan fingerprint density at radius 2 is 1.71 bits per heavy atom. The van der Waals surface area contributed by atoms with E-state index in [1.165, 1.54) is 50.5 Å². The van der Waals surface area contributed by atoms with Crippen molar-refractivity contribution >= 4 is 0 Å². The normalized spacial score (nSPS) is 52.7. The predicted octanol–water partition coefficient (Wildman–Crippen LogP) is 4.87. The Morgan fingerprint density at radius 1 is 1.00 bits per heavy atom. The summed E-state index contributed by atoms with van der Waals surface area (Å²) in [4.78, 5) is 0. The molecule has 3 saturated carbocycles. The zero-order chi connectivity index (χ0) is 14.8. The predicted molar refractivity (Wildman–Crippen MR) is 86.8 cm³/mol. The van der Waals surface area contributed by atoms with Gasteiger partial charge in [0.2, 0.25) is 0 Å². The fourth-order valence-electron chi connectivity index (χ4n) is 6.62. The molecule has 21 heavy (non-hydrogen) atoms. The van der Waals surface area contributed by atoms with Crippen LogP contribution in [-0.4, -0.2) is 11.2 Å². The van der Waals surface area contributed by atoms with Crippen molar-refractivity contribution in [3.8, 4) is 0 Å². The van der Waals surface area contributed by atoms with Gasteiger partial charge >= 0.3 is 0 Å². The minimum atomic E-state index is -0.176. The van der Waals surface area contributed by atoms with Gasteiger partial charge in [-0.05, 0) is 80.0 Å². The van der Waals surface area contributed by atoms with E-state index in [2.05, 4.69) is 26.5 Å². The molecule has 6 atom stereocenters. The largest absolute Gasteiger partial charge is 0.389 e. The molecule has 0 bridgehead atoms. The third-order valence-corrected chi connectivity index (χ3v) is 8.04. The lowest BCUT2D eigenvalue weighted by Crippen LogP contribution is -2.49. The van der Waals surface area contributed by atoms with Crippen LogP contribution in [0.15, 0.2) is 23.8 Å². The highest BCUT2D eigenvalue weighted by Crippen LogP contribution is 2.66. The van der Waals surface area contributed by atoms with Gasteiger partial charge in [-0.2, -0.15) is 0 Å². The maximum Gasteiger partial charge on any atom is 0.0724 e. The molecule has 0 saturated heterocycles. The van der Waals surface area contributed by atoms with Crippen LogP contribution in [0.5, 0.6) is 0 Å². The number of rotatable bonds is 0. The molecule has 0 aliphatic heterocycles. The van der Waals surface area contributed by atoms with Crippen molar-refractivity contribution in [1.29, 1.82) is 0 Å². The third-order valence-electron chi connectivity index (χ3n) is 8.04. The van der Waals surface area contributed by atoms with Crippen molar-refractivity contribution in [3.63, 3.8) is 0 Å². The lowest BCUT2D eigenvalue weighted by atomic mass is 9.47. The van der Waals surface area contributed by atoms with Crippen LogP contribution in [0.2, 0.25) is 0 Å². The SMILES string of the molecule is C=C1CC[C@H]2[C@@H]3CCC4=C[C@@H](O)CC[C@]4(C)[C@H]3CC[C@]12C. The van der Waals surface area contributed by atoms with E-state index >= 15 is 0 Å². The maximum atomic E-state index is 10.00. The van der Waals surface area contributed by atoms with E-state index < -0.39 is 0 Å². The van der Waals surface area contributed by atoms with Gasteiger partial charge in [0.05, 0.1) is 6.10 Å². The van der Waals surface area contributed by atoms with Crippen LogP contribution >= 0.6 is 0 Å². The molecule has 0 radical (unpaired) electrons. The monoisotopic (exact) mass is 286 g/mol. The fourth-order valence-corrected chi connectivity index (χ4v) is 6.62. The summed E-state index contributed by atoms with van der Waals surface area (Å²) < 4.78 is 0. The van der Waals surface area contributed by atoms with Gasteiger partial charge in [-0.15, -0.1) is 0 Å². The molecule has 4 aliphatic carbocycles. The molecule has 0 aromatic carbocycles. The Bertz CT molecular complexity index is 504. The Kier molecular flexibility index (Phi) is 2.99. The topological polar surface area (TPSA) is 20.2 Å². The van der Waals surface area contributed by atoms with Gasteiger partial charge in [0.15, 0.2) is 0 Å². The highest BCUT2D eigenvalue weighted by atomic mass is 16.3. The van der Waals surface area contributed by atoms with Gasteiger partial charge < -0.3 is 5.11 Å². The molecule has 0 heterocycles. The smallest absolute Gasteiger partial charge is 0.0724 e. The van der Waals surface area contributed by atoms with Crippen LogP contribution in [0.3, 0.4) is 0 Å². The standard InChI is InChI=1S/C20H30O/c1-13-4-7-17-16-6-5-14-12-15(21)8-10-20(14,3)18(16)9-11-19(13,17)2/h12,15-18,21H,1,4-11H2,2-3H3/t15-,16-,17-,18-,19+,20-/m0/s1. The number of aliphatic hydroxyl groups excluding tert-OH is 1. The number of allylic oxidation sites excluding steroid dienone is 2. The summed E-state index contributed by atoms with van der Waals surface area (Å²) in [7, 11) is 0. The second-order valence-corrected chi connectivity index (χ2v) is 8.73. The molecule has 0 spiro atoms. The van der Waals surface area contributed by atoms with Crippen LogP contribution < -0.4 is 0 Å². The van der Waals surface area contributed by atoms with Crippen LogP contribution in [0.25, 0.3) is 0 Å². The molecule has 1 heteroatoms. The van der Waals surface area contributed by atoms with Crippen molar-refractivity contribution in [2.45, 2.75) is 71.3 Å². The van der Waals surface area contributed by atoms with E-state index in [-0.39, 0.29) is 6.10 Å². The van der Waals surface area contributed by atoms with Gasteiger partial charge in [0.25, 0.3) is 0 Å². The van der Waals surface area contributed by atoms with Crippen LogP contribution in [0.4, 0.5) is 0 Å². The summed E-state index contributed by atoms with van der Waals surface area (Å²) in [6.07, 6.45) is 12.2. The Hall–Kier alpha value is -0.560. The fraction of sp³-hybridized carbons (Fsp3) is 0.800. The Balaban J connectivity index is 1.69. The van der Waals surface area contributed by atoms with E-state index in [9.17, 15) is 5.11 Å². The van der Waals surface area contributed by atoms with Crippen molar-refractivity contribution in [1.82, 2.24) is 0 Å². The zero-order valence-corrected chi connectivity index (χ0v) is 13.7. The molecule has 0 aromatic rings.